The molecule has 0 aliphatic heterocycles. The summed E-state index contributed by atoms with van der Waals surface area (Å²) in [5.74, 6) is -0.476. The Morgan fingerprint density at radius 3 is 2.81 bits per heavy atom. The summed E-state index contributed by atoms with van der Waals surface area (Å²) in [5, 5.41) is 4.43. The van der Waals surface area contributed by atoms with Crippen LogP contribution in [0.5, 0.6) is 0 Å². The van der Waals surface area contributed by atoms with Crippen molar-refractivity contribution in [3.8, 4) is 0 Å². The topological polar surface area (TPSA) is 81.2 Å². The summed E-state index contributed by atoms with van der Waals surface area (Å²) in [7, 11) is 0. The average molecular weight is 402 g/mol. The summed E-state index contributed by atoms with van der Waals surface area (Å²) in [6, 6.07) is 7.47. The van der Waals surface area contributed by atoms with Gasteiger partial charge < -0.3 is 10.1 Å². The molecule has 0 spiro atoms. The van der Waals surface area contributed by atoms with Crippen LogP contribution in [0.25, 0.3) is 10.2 Å². The molecule has 0 aliphatic rings. The molecule has 0 fully saturated rings. The van der Waals surface area contributed by atoms with Crippen molar-refractivity contribution in [3.05, 3.63) is 46.6 Å². The van der Waals surface area contributed by atoms with E-state index < -0.39 is 5.97 Å². The average Bonchev–Trinajstić information content (AvgIpc) is 2.99. The number of amides is 1. The van der Waals surface area contributed by atoms with Gasteiger partial charge in [-0.15, -0.1) is 11.3 Å². The molecule has 27 heavy (non-hydrogen) atoms. The first-order valence-corrected chi connectivity index (χ1v) is 10.2. The Balaban J connectivity index is 1.90. The fourth-order valence-corrected chi connectivity index (χ4v) is 4.46. The molecule has 0 saturated heterocycles. The van der Waals surface area contributed by atoms with Crippen LogP contribution in [-0.4, -0.2) is 34.2 Å². The van der Waals surface area contributed by atoms with E-state index in [0.29, 0.717) is 15.4 Å². The maximum absolute atomic E-state index is 12.5. The molecule has 6 nitrogen and oxygen atoms in total. The summed E-state index contributed by atoms with van der Waals surface area (Å²) in [6.45, 7) is 5.86. The van der Waals surface area contributed by atoms with E-state index in [4.69, 9.17) is 4.74 Å². The molecule has 1 N–H and O–H groups in total. The van der Waals surface area contributed by atoms with Gasteiger partial charge in [0.05, 0.1) is 23.1 Å². The molecule has 0 atom stereocenters. The Bertz CT molecular complexity index is 987. The van der Waals surface area contributed by atoms with Crippen LogP contribution >= 0.6 is 23.1 Å². The van der Waals surface area contributed by atoms with Gasteiger partial charge in [-0.2, -0.15) is 0 Å². The third-order valence-corrected chi connectivity index (χ3v) is 5.71. The van der Waals surface area contributed by atoms with Gasteiger partial charge in [-0.25, -0.2) is 14.8 Å². The van der Waals surface area contributed by atoms with E-state index in [1.807, 2.05) is 38.1 Å². The number of thioether (sulfide) groups is 1. The molecular formula is C19H19N3O3S2. The lowest BCUT2D eigenvalue weighted by molar-refractivity contribution is -0.113. The molecule has 0 aliphatic carbocycles. The number of fused-ring (bicyclic) bond motifs is 1. The monoisotopic (exact) mass is 401 g/mol. The summed E-state index contributed by atoms with van der Waals surface area (Å²) in [6.07, 6.45) is 1.68. The molecule has 3 rings (SSSR count). The van der Waals surface area contributed by atoms with Gasteiger partial charge in [-0.05, 0) is 44.5 Å². The predicted octanol–water partition coefficient (Wildman–Crippen LogP) is 4.22. The lowest BCUT2D eigenvalue weighted by Gasteiger charge is -2.08. The number of thiophene rings is 1. The van der Waals surface area contributed by atoms with Crippen molar-refractivity contribution in [2.75, 3.05) is 17.7 Å². The normalized spacial score (nSPS) is 10.8. The first-order chi connectivity index (χ1) is 13.0. The summed E-state index contributed by atoms with van der Waals surface area (Å²) >= 11 is 2.57. The van der Waals surface area contributed by atoms with Gasteiger partial charge in [-0.1, -0.05) is 17.8 Å². The highest BCUT2D eigenvalue weighted by atomic mass is 32.2. The predicted molar refractivity (Wildman–Crippen MR) is 109 cm³/mol. The summed E-state index contributed by atoms with van der Waals surface area (Å²) in [5.41, 5.74) is 2.29. The van der Waals surface area contributed by atoms with Crippen molar-refractivity contribution in [1.29, 1.82) is 0 Å². The highest BCUT2D eigenvalue weighted by Gasteiger charge is 2.23. The number of ether oxygens (including phenoxy) is 1. The minimum absolute atomic E-state index is 0.189. The number of pyridine rings is 2. The van der Waals surface area contributed by atoms with E-state index in [0.717, 1.165) is 21.7 Å². The Hall–Kier alpha value is -2.45. The molecule has 8 heteroatoms. The molecule has 3 aromatic rings. The van der Waals surface area contributed by atoms with E-state index in [9.17, 15) is 9.59 Å². The van der Waals surface area contributed by atoms with Crippen molar-refractivity contribution >= 4 is 50.9 Å². The summed E-state index contributed by atoms with van der Waals surface area (Å²) in [4.78, 5) is 34.7. The van der Waals surface area contributed by atoms with Crippen LogP contribution in [0.15, 0.2) is 35.5 Å². The zero-order valence-electron chi connectivity index (χ0n) is 15.2. The first-order valence-electron chi connectivity index (χ1n) is 8.41. The molecule has 3 heterocycles. The van der Waals surface area contributed by atoms with Gasteiger partial charge in [0.2, 0.25) is 5.91 Å². The van der Waals surface area contributed by atoms with Gasteiger partial charge in [0.1, 0.15) is 9.71 Å². The number of anilines is 1. The van der Waals surface area contributed by atoms with Crippen LogP contribution in [-0.2, 0) is 9.53 Å². The fourth-order valence-electron chi connectivity index (χ4n) is 2.65. The zero-order chi connectivity index (χ0) is 19.4. The maximum Gasteiger partial charge on any atom is 0.350 e. The number of nitrogens with zero attached hydrogens (tertiary/aromatic N) is 2. The van der Waals surface area contributed by atoms with E-state index >= 15 is 0 Å². The minimum Gasteiger partial charge on any atom is -0.462 e. The number of nitrogens with one attached hydrogen (secondary N) is 1. The Morgan fingerprint density at radius 1 is 1.30 bits per heavy atom. The second-order valence-corrected chi connectivity index (χ2v) is 7.79. The smallest absolute Gasteiger partial charge is 0.350 e. The molecular weight excluding hydrogens is 382 g/mol. The molecule has 0 bridgehead atoms. The SMILES string of the molecule is CCOC(=O)c1sc2nc(C)cc(C)c2c1NC(=O)CSc1ccccn1. The largest absolute Gasteiger partial charge is 0.462 e. The molecule has 0 saturated carbocycles. The lowest BCUT2D eigenvalue weighted by atomic mass is 10.1. The number of aryl methyl sites for hydroxylation is 2. The van der Waals surface area contributed by atoms with E-state index in [1.165, 1.54) is 23.1 Å². The van der Waals surface area contributed by atoms with E-state index in [2.05, 4.69) is 15.3 Å². The molecule has 140 valence electrons. The first kappa shape index (κ1) is 19.3. The van der Waals surface area contributed by atoms with Gasteiger partial charge in [0, 0.05) is 17.3 Å². The van der Waals surface area contributed by atoms with Gasteiger partial charge in [-0.3, -0.25) is 4.79 Å². The molecule has 3 aromatic heterocycles. The molecule has 0 aromatic carbocycles. The number of rotatable bonds is 6. The highest BCUT2D eigenvalue weighted by molar-refractivity contribution is 7.99. The number of aromatic nitrogens is 2. The quantitative estimate of drug-likeness (QED) is 0.492. The number of hydrogen-bond acceptors (Lipinski definition) is 7. The minimum atomic E-state index is -0.453. The van der Waals surface area contributed by atoms with E-state index in [1.54, 1.807) is 13.1 Å². The standard InChI is InChI=1S/C19H19N3O3S2/c1-4-25-19(24)17-16(15-11(2)9-12(3)21-18(15)27-17)22-13(23)10-26-14-7-5-6-8-20-14/h5-9H,4,10H2,1-3H3,(H,22,23). The highest BCUT2D eigenvalue weighted by Crippen LogP contribution is 2.37. The van der Waals surface area contributed by atoms with Crippen LogP contribution < -0.4 is 5.32 Å². The van der Waals surface area contributed by atoms with Crippen LogP contribution in [0.3, 0.4) is 0 Å². The van der Waals surface area contributed by atoms with Gasteiger partial charge in [0.25, 0.3) is 0 Å². The van der Waals surface area contributed by atoms with Gasteiger partial charge >= 0.3 is 5.97 Å². The Labute approximate surface area is 165 Å². The third-order valence-electron chi connectivity index (χ3n) is 3.70. The fraction of sp³-hybridized carbons (Fsp3) is 0.263. The number of esters is 1. The van der Waals surface area contributed by atoms with Crippen LogP contribution in [0.2, 0.25) is 0 Å². The summed E-state index contributed by atoms with van der Waals surface area (Å²) < 4.78 is 5.16. The number of carbonyl (C=O) groups excluding carboxylic acids is 2. The van der Waals surface area contributed by atoms with Crippen molar-refractivity contribution in [2.45, 2.75) is 25.8 Å². The Morgan fingerprint density at radius 2 is 2.11 bits per heavy atom. The van der Waals surface area contributed by atoms with Crippen molar-refractivity contribution in [1.82, 2.24) is 9.97 Å². The van der Waals surface area contributed by atoms with Crippen LogP contribution in [0.4, 0.5) is 5.69 Å². The van der Waals surface area contributed by atoms with Gasteiger partial charge in [0.15, 0.2) is 0 Å². The van der Waals surface area contributed by atoms with Crippen molar-refractivity contribution in [2.24, 2.45) is 0 Å². The Kier molecular flexibility index (Phi) is 6.08. The maximum atomic E-state index is 12.5. The molecule has 1 amide bonds. The number of carbonyl (C=O) groups is 2. The van der Waals surface area contributed by atoms with Crippen LogP contribution in [0.1, 0.15) is 27.9 Å². The molecule has 0 radical (unpaired) electrons. The lowest BCUT2D eigenvalue weighted by Crippen LogP contribution is -2.16. The van der Waals surface area contributed by atoms with Crippen molar-refractivity contribution in [3.63, 3.8) is 0 Å². The van der Waals surface area contributed by atoms with Crippen molar-refractivity contribution < 1.29 is 14.3 Å². The molecule has 0 unspecified atom stereocenters. The second-order valence-electron chi connectivity index (χ2n) is 5.79. The second kappa shape index (κ2) is 8.49. The third kappa shape index (κ3) is 4.45. The van der Waals surface area contributed by atoms with E-state index in [-0.39, 0.29) is 18.3 Å². The zero-order valence-corrected chi connectivity index (χ0v) is 16.9. The number of hydrogen-bond donors (Lipinski definition) is 1. The van der Waals surface area contributed by atoms with Crippen LogP contribution in [0, 0.1) is 13.8 Å².